The van der Waals surface area contributed by atoms with Crippen LogP contribution in [0.5, 0.6) is 0 Å². The Morgan fingerprint density at radius 3 is 2.62 bits per heavy atom. The summed E-state index contributed by atoms with van der Waals surface area (Å²) in [6.07, 6.45) is 4.39. The first-order valence-corrected chi connectivity index (χ1v) is 11.5. The number of amides is 2. The Kier molecular flexibility index (Phi) is 5.73. The number of hydrogen-bond acceptors (Lipinski definition) is 9. The van der Waals surface area contributed by atoms with Gasteiger partial charge in [-0.2, -0.15) is 5.10 Å². The third-order valence-corrected chi connectivity index (χ3v) is 6.64. The zero-order valence-corrected chi connectivity index (χ0v) is 19.8. The number of carbonyl (C=O) groups is 2. The van der Waals surface area contributed by atoms with Gasteiger partial charge in [0.2, 0.25) is 0 Å². The van der Waals surface area contributed by atoms with Crippen molar-refractivity contribution >= 4 is 50.7 Å². The van der Waals surface area contributed by atoms with Crippen molar-refractivity contribution in [1.29, 1.82) is 0 Å². The second-order valence-electron chi connectivity index (χ2n) is 8.23. The minimum absolute atomic E-state index is 0.0875. The third-order valence-electron chi connectivity index (χ3n) is 4.70. The number of rotatable bonds is 5. The number of carbonyl (C=O) groups excluding carboxylic acids is 2. The minimum Gasteiger partial charge on any atom is -0.342 e. The molecule has 0 radical (unpaired) electrons. The number of thiazole rings is 2. The zero-order chi connectivity index (χ0) is 23.0. The molecule has 0 aromatic carbocycles. The molecule has 32 heavy (non-hydrogen) atoms. The molecule has 0 bridgehead atoms. The van der Waals surface area contributed by atoms with E-state index in [0.717, 1.165) is 5.69 Å². The van der Waals surface area contributed by atoms with Crippen molar-refractivity contribution in [3.8, 4) is 0 Å². The molecule has 1 atom stereocenters. The average molecular weight is 471 g/mol. The van der Waals surface area contributed by atoms with Crippen LogP contribution in [-0.2, 0) is 12.5 Å². The van der Waals surface area contributed by atoms with Crippen LogP contribution in [0.2, 0.25) is 0 Å². The van der Waals surface area contributed by atoms with E-state index >= 15 is 0 Å². The van der Waals surface area contributed by atoms with Crippen molar-refractivity contribution < 1.29 is 9.59 Å². The van der Waals surface area contributed by atoms with Gasteiger partial charge in [-0.05, 0) is 6.92 Å². The Labute approximate surface area is 192 Å². The van der Waals surface area contributed by atoms with Crippen LogP contribution in [-0.4, -0.2) is 41.5 Å². The second kappa shape index (κ2) is 8.36. The van der Waals surface area contributed by atoms with Crippen LogP contribution in [0.4, 0.5) is 5.13 Å². The van der Waals surface area contributed by atoms with Crippen molar-refractivity contribution in [1.82, 2.24) is 35.0 Å². The van der Waals surface area contributed by atoms with E-state index in [-0.39, 0.29) is 22.9 Å². The van der Waals surface area contributed by atoms with Gasteiger partial charge in [0.1, 0.15) is 21.9 Å². The van der Waals surface area contributed by atoms with Crippen LogP contribution < -0.4 is 10.6 Å². The summed E-state index contributed by atoms with van der Waals surface area (Å²) in [4.78, 5) is 42.9. The van der Waals surface area contributed by atoms with Crippen LogP contribution in [0.3, 0.4) is 0 Å². The zero-order valence-electron chi connectivity index (χ0n) is 18.2. The average Bonchev–Trinajstić information content (AvgIpc) is 3.47. The third kappa shape index (κ3) is 4.36. The van der Waals surface area contributed by atoms with E-state index in [1.54, 1.807) is 24.9 Å². The van der Waals surface area contributed by atoms with Crippen molar-refractivity contribution in [2.24, 2.45) is 7.05 Å². The molecule has 2 N–H and O–H groups in total. The number of fused-ring (bicyclic) bond motifs is 1. The van der Waals surface area contributed by atoms with Gasteiger partial charge in [-0.15, -0.1) is 22.7 Å². The fourth-order valence-corrected chi connectivity index (χ4v) is 4.64. The minimum atomic E-state index is -0.414. The van der Waals surface area contributed by atoms with E-state index in [2.05, 4.69) is 56.4 Å². The number of nitrogens with zero attached hydrogens (tertiary/aromatic N) is 6. The van der Waals surface area contributed by atoms with Gasteiger partial charge in [-0.25, -0.2) is 19.9 Å². The first-order valence-electron chi connectivity index (χ1n) is 9.80. The molecule has 12 heteroatoms. The molecule has 4 rings (SSSR count). The number of hydrogen-bond donors (Lipinski definition) is 2. The first-order chi connectivity index (χ1) is 15.1. The summed E-state index contributed by atoms with van der Waals surface area (Å²) in [6.45, 7) is 8.01. The number of aryl methyl sites for hydroxylation is 1. The summed E-state index contributed by atoms with van der Waals surface area (Å²) in [5.41, 5.74) is 1.65. The SMILES string of the molecule is CC(NC(=O)c1ncnc2c1cnn2C)c1ncc(C(=O)Nc2nc(C(C)(C)C)cs2)s1. The van der Waals surface area contributed by atoms with Gasteiger partial charge >= 0.3 is 0 Å². The highest BCUT2D eigenvalue weighted by molar-refractivity contribution is 7.15. The van der Waals surface area contributed by atoms with E-state index in [1.807, 2.05) is 5.38 Å². The summed E-state index contributed by atoms with van der Waals surface area (Å²) in [7, 11) is 1.75. The lowest BCUT2D eigenvalue weighted by Crippen LogP contribution is -2.27. The molecule has 0 spiro atoms. The summed E-state index contributed by atoms with van der Waals surface area (Å²) in [5, 5.41) is 13.5. The van der Waals surface area contributed by atoms with E-state index in [0.29, 0.717) is 26.0 Å². The maximum atomic E-state index is 12.8. The summed E-state index contributed by atoms with van der Waals surface area (Å²) >= 11 is 2.60. The molecule has 0 saturated carbocycles. The Morgan fingerprint density at radius 2 is 1.91 bits per heavy atom. The molecule has 4 heterocycles. The summed E-state index contributed by atoms with van der Waals surface area (Å²) in [6, 6.07) is -0.414. The molecule has 10 nitrogen and oxygen atoms in total. The fraction of sp³-hybridized carbons (Fsp3) is 0.350. The largest absolute Gasteiger partial charge is 0.342 e. The predicted octanol–water partition coefficient (Wildman–Crippen LogP) is 3.32. The highest BCUT2D eigenvalue weighted by atomic mass is 32.1. The maximum Gasteiger partial charge on any atom is 0.271 e. The molecule has 4 aromatic rings. The molecule has 0 aliphatic heterocycles. The van der Waals surface area contributed by atoms with E-state index in [1.165, 1.54) is 35.2 Å². The van der Waals surface area contributed by atoms with Crippen molar-refractivity contribution in [3.63, 3.8) is 0 Å². The lowest BCUT2D eigenvalue weighted by Gasteiger charge is -2.14. The second-order valence-corrected chi connectivity index (χ2v) is 10.1. The van der Waals surface area contributed by atoms with Gasteiger partial charge < -0.3 is 5.32 Å². The molecular weight excluding hydrogens is 448 g/mol. The quantitative estimate of drug-likeness (QED) is 0.458. The molecule has 0 fully saturated rings. The number of nitrogens with one attached hydrogen (secondary N) is 2. The monoisotopic (exact) mass is 470 g/mol. The fourth-order valence-electron chi connectivity index (χ4n) is 2.90. The summed E-state index contributed by atoms with van der Waals surface area (Å²) in [5.74, 6) is -0.647. The highest BCUT2D eigenvalue weighted by Gasteiger charge is 2.22. The highest BCUT2D eigenvalue weighted by Crippen LogP contribution is 2.27. The maximum absolute atomic E-state index is 12.8. The number of anilines is 1. The van der Waals surface area contributed by atoms with Gasteiger partial charge in [-0.1, -0.05) is 20.8 Å². The lowest BCUT2D eigenvalue weighted by atomic mass is 9.93. The topological polar surface area (TPSA) is 128 Å². The van der Waals surface area contributed by atoms with Gasteiger partial charge in [0, 0.05) is 17.8 Å². The van der Waals surface area contributed by atoms with E-state index in [4.69, 9.17) is 0 Å². The number of aromatic nitrogens is 6. The van der Waals surface area contributed by atoms with Gasteiger partial charge in [0.15, 0.2) is 10.8 Å². The molecular formula is C20H22N8O2S2. The van der Waals surface area contributed by atoms with Crippen LogP contribution in [0.15, 0.2) is 24.1 Å². The first kappa shape index (κ1) is 22.0. The van der Waals surface area contributed by atoms with Gasteiger partial charge in [0.25, 0.3) is 11.8 Å². The van der Waals surface area contributed by atoms with Gasteiger partial charge in [-0.3, -0.25) is 19.6 Å². The molecule has 166 valence electrons. The molecule has 0 saturated heterocycles. The smallest absolute Gasteiger partial charge is 0.271 e. The van der Waals surface area contributed by atoms with Crippen LogP contribution in [0, 0.1) is 0 Å². The molecule has 0 aliphatic rings. The molecule has 2 amide bonds. The standard InChI is InChI=1S/C20H22N8O2S2/c1-10(25-17(30)14-11-6-24-28(5)15(11)23-9-22-14)18-21-7-12(32-18)16(29)27-19-26-13(8-31-19)20(2,3)4/h6-10H,1-5H3,(H,25,30)(H,26,27,29). The molecule has 0 aliphatic carbocycles. The Balaban J connectivity index is 1.44. The lowest BCUT2D eigenvalue weighted by molar-refractivity contribution is 0.0936. The predicted molar refractivity (Wildman–Crippen MR) is 123 cm³/mol. The summed E-state index contributed by atoms with van der Waals surface area (Å²) < 4.78 is 1.58. The molecule has 4 aromatic heterocycles. The van der Waals surface area contributed by atoms with Crippen molar-refractivity contribution in [2.45, 2.75) is 39.2 Å². The van der Waals surface area contributed by atoms with E-state index < -0.39 is 6.04 Å². The van der Waals surface area contributed by atoms with Crippen molar-refractivity contribution in [3.05, 3.63) is 45.4 Å². The van der Waals surface area contributed by atoms with Gasteiger partial charge in [0.05, 0.1) is 29.5 Å². The molecule has 1 unspecified atom stereocenters. The Hall–Kier alpha value is -3.25. The van der Waals surface area contributed by atoms with Crippen molar-refractivity contribution in [2.75, 3.05) is 5.32 Å². The van der Waals surface area contributed by atoms with E-state index in [9.17, 15) is 9.59 Å². The van der Waals surface area contributed by atoms with Crippen LogP contribution in [0.1, 0.15) is 64.6 Å². The Bertz CT molecular complexity index is 1300. The Morgan fingerprint density at radius 1 is 1.12 bits per heavy atom. The normalized spacial score (nSPS) is 12.7. The van der Waals surface area contributed by atoms with Crippen LogP contribution in [0.25, 0.3) is 11.0 Å². The van der Waals surface area contributed by atoms with Crippen LogP contribution >= 0.6 is 22.7 Å².